The number of amides is 1. The van der Waals surface area contributed by atoms with Gasteiger partial charge in [0.25, 0.3) is 5.91 Å². The second-order valence-electron chi connectivity index (χ2n) is 7.21. The molecular weight excluding hydrogens is 414 g/mol. The van der Waals surface area contributed by atoms with Crippen molar-refractivity contribution in [2.75, 3.05) is 5.32 Å². The van der Waals surface area contributed by atoms with E-state index in [2.05, 4.69) is 29.4 Å². The van der Waals surface area contributed by atoms with Crippen LogP contribution in [0.5, 0.6) is 0 Å². The number of rotatable bonds is 6. The molecule has 1 N–H and O–H groups in total. The quantitative estimate of drug-likeness (QED) is 0.380. The molecule has 2 heterocycles. The fourth-order valence-electron chi connectivity index (χ4n) is 3.38. The molecule has 0 bridgehead atoms. The van der Waals surface area contributed by atoms with Crippen LogP contribution in [-0.2, 0) is 12.8 Å². The predicted molar refractivity (Wildman–Crippen MR) is 120 cm³/mol. The molecule has 2 aromatic heterocycles. The molecule has 0 aliphatic rings. The first-order valence-corrected chi connectivity index (χ1v) is 10.7. The monoisotopic (exact) mass is 434 g/mol. The molecule has 156 valence electrons. The minimum atomic E-state index is -0.887. The number of nitrogens with zero attached hydrogens (tertiary/aromatic N) is 1. The summed E-state index contributed by atoms with van der Waals surface area (Å²) in [6, 6.07) is 16.8. The van der Waals surface area contributed by atoms with Crippen molar-refractivity contribution in [1.82, 2.24) is 4.98 Å². The van der Waals surface area contributed by atoms with Gasteiger partial charge in [-0.15, -0.1) is 11.3 Å². The summed E-state index contributed by atoms with van der Waals surface area (Å²) in [5, 5.41) is 2.56. The average Bonchev–Trinajstić information content (AvgIpc) is 3.14. The SMILES string of the molecule is Cc1cc(CCc2cccnc2)sc1-c1ccc(NC(=O)c2c(F)cccc2F)cc1. The molecular formula is C25H20F2N2OS. The van der Waals surface area contributed by atoms with E-state index in [0.29, 0.717) is 5.69 Å². The number of nitrogens with one attached hydrogen (secondary N) is 1. The summed E-state index contributed by atoms with van der Waals surface area (Å²) in [4.78, 5) is 18.9. The highest BCUT2D eigenvalue weighted by atomic mass is 32.1. The Kier molecular flexibility index (Phi) is 6.18. The Labute approximate surface area is 183 Å². The molecule has 1 amide bonds. The molecule has 0 fully saturated rings. The fraction of sp³-hybridized carbons (Fsp3) is 0.120. The van der Waals surface area contributed by atoms with E-state index in [-0.39, 0.29) is 0 Å². The van der Waals surface area contributed by atoms with Gasteiger partial charge in [0.15, 0.2) is 0 Å². The van der Waals surface area contributed by atoms with Crippen molar-refractivity contribution < 1.29 is 13.6 Å². The van der Waals surface area contributed by atoms with E-state index >= 15 is 0 Å². The third-order valence-electron chi connectivity index (χ3n) is 4.95. The van der Waals surface area contributed by atoms with Gasteiger partial charge >= 0.3 is 0 Å². The van der Waals surface area contributed by atoms with E-state index in [1.165, 1.54) is 26.9 Å². The summed E-state index contributed by atoms with van der Waals surface area (Å²) in [6.07, 6.45) is 5.54. The number of hydrogen-bond acceptors (Lipinski definition) is 3. The minimum absolute atomic E-state index is 0.474. The van der Waals surface area contributed by atoms with E-state index in [1.54, 1.807) is 29.7 Å². The number of aryl methyl sites for hydroxylation is 3. The number of halogens is 2. The standard InChI is InChI=1S/C25H20F2N2OS/c1-16-14-20(12-7-17-4-3-13-28-15-17)31-24(16)18-8-10-19(11-9-18)29-25(30)23-21(26)5-2-6-22(23)27/h2-6,8-11,13-15H,7,12H2,1H3,(H,29,30). The van der Waals surface area contributed by atoms with Gasteiger partial charge in [0, 0.05) is 27.8 Å². The van der Waals surface area contributed by atoms with Crippen LogP contribution < -0.4 is 5.32 Å². The smallest absolute Gasteiger partial charge is 0.261 e. The zero-order valence-electron chi connectivity index (χ0n) is 16.9. The van der Waals surface area contributed by atoms with E-state index in [9.17, 15) is 13.6 Å². The Bertz CT molecular complexity index is 1180. The number of carbonyl (C=O) groups excluding carboxylic acids is 1. The summed E-state index contributed by atoms with van der Waals surface area (Å²) < 4.78 is 27.6. The highest BCUT2D eigenvalue weighted by Crippen LogP contribution is 2.33. The van der Waals surface area contributed by atoms with Gasteiger partial charge in [-0.2, -0.15) is 0 Å². The topological polar surface area (TPSA) is 42.0 Å². The van der Waals surface area contributed by atoms with Crippen LogP contribution in [0, 0.1) is 18.6 Å². The Hall–Kier alpha value is -3.38. The maximum absolute atomic E-state index is 13.8. The molecule has 0 spiro atoms. The van der Waals surface area contributed by atoms with Crippen LogP contribution in [0.15, 0.2) is 73.1 Å². The van der Waals surface area contributed by atoms with Gasteiger partial charge in [-0.1, -0.05) is 24.3 Å². The van der Waals surface area contributed by atoms with Crippen LogP contribution in [0.1, 0.15) is 26.4 Å². The second-order valence-corrected chi connectivity index (χ2v) is 8.35. The lowest BCUT2D eigenvalue weighted by molar-refractivity contribution is 0.101. The molecule has 0 saturated carbocycles. The van der Waals surface area contributed by atoms with E-state index in [1.807, 2.05) is 24.4 Å². The first-order valence-electron chi connectivity index (χ1n) is 9.85. The van der Waals surface area contributed by atoms with Crippen molar-refractivity contribution >= 4 is 22.9 Å². The van der Waals surface area contributed by atoms with Crippen LogP contribution in [0.25, 0.3) is 10.4 Å². The molecule has 0 unspecified atom stereocenters. The molecule has 2 aromatic carbocycles. The third kappa shape index (κ3) is 4.86. The Balaban J connectivity index is 1.46. The molecule has 0 saturated heterocycles. The molecule has 3 nitrogen and oxygen atoms in total. The summed E-state index contributed by atoms with van der Waals surface area (Å²) in [5.74, 6) is -2.59. The zero-order chi connectivity index (χ0) is 21.8. The number of carbonyl (C=O) groups is 1. The first kappa shape index (κ1) is 20.9. The van der Waals surface area contributed by atoms with Gasteiger partial charge in [-0.25, -0.2) is 8.78 Å². The first-order chi connectivity index (χ1) is 15.0. The minimum Gasteiger partial charge on any atom is -0.322 e. The summed E-state index contributed by atoms with van der Waals surface area (Å²) in [7, 11) is 0. The Morgan fingerprint density at radius 2 is 1.74 bits per heavy atom. The number of aromatic nitrogens is 1. The normalized spacial score (nSPS) is 10.8. The molecule has 0 atom stereocenters. The number of pyridine rings is 1. The summed E-state index contributed by atoms with van der Waals surface area (Å²) in [6.45, 7) is 2.08. The van der Waals surface area contributed by atoms with Gasteiger partial charge in [0.1, 0.15) is 17.2 Å². The molecule has 0 aliphatic heterocycles. The van der Waals surface area contributed by atoms with Crippen molar-refractivity contribution in [3.05, 3.63) is 106 Å². The molecule has 0 radical (unpaired) electrons. The van der Waals surface area contributed by atoms with Gasteiger partial charge in [0.05, 0.1) is 0 Å². The Morgan fingerprint density at radius 1 is 1.00 bits per heavy atom. The summed E-state index contributed by atoms with van der Waals surface area (Å²) in [5.41, 5.74) is 3.32. The molecule has 4 rings (SSSR count). The highest BCUT2D eigenvalue weighted by Gasteiger charge is 2.17. The van der Waals surface area contributed by atoms with E-state index in [4.69, 9.17) is 0 Å². The van der Waals surface area contributed by atoms with Crippen LogP contribution in [-0.4, -0.2) is 10.9 Å². The van der Waals surface area contributed by atoms with Gasteiger partial charge < -0.3 is 5.32 Å². The Morgan fingerprint density at radius 3 is 2.42 bits per heavy atom. The largest absolute Gasteiger partial charge is 0.322 e. The zero-order valence-corrected chi connectivity index (χ0v) is 17.7. The van der Waals surface area contributed by atoms with Crippen molar-refractivity contribution in [2.24, 2.45) is 0 Å². The molecule has 4 aromatic rings. The van der Waals surface area contributed by atoms with Crippen molar-refractivity contribution in [3.8, 4) is 10.4 Å². The number of hydrogen-bond donors (Lipinski definition) is 1. The van der Waals surface area contributed by atoms with Crippen molar-refractivity contribution in [3.63, 3.8) is 0 Å². The number of benzene rings is 2. The average molecular weight is 435 g/mol. The highest BCUT2D eigenvalue weighted by molar-refractivity contribution is 7.15. The molecule has 31 heavy (non-hydrogen) atoms. The van der Waals surface area contributed by atoms with Crippen LogP contribution in [0.2, 0.25) is 0 Å². The third-order valence-corrected chi connectivity index (χ3v) is 6.29. The van der Waals surface area contributed by atoms with Gasteiger partial charge in [-0.3, -0.25) is 9.78 Å². The predicted octanol–water partition coefficient (Wildman–Crippen LogP) is 6.43. The maximum atomic E-state index is 13.8. The number of anilines is 1. The maximum Gasteiger partial charge on any atom is 0.261 e. The second kappa shape index (κ2) is 9.18. The lowest BCUT2D eigenvalue weighted by Gasteiger charge is -2.08. The van der Waals surface area contributed by atoms with Crippen molar-refractivity contribution in [2.45, 2.75) is 19.8 Å². The molecule has 0 aliphatic carbocycles. The molecule has 6 heteroatoms. The number of thiophene rings is 1. The van der Waals surface area contributed by atoms with Crippen LogP contribution >= 0.6 is 11.3 Å². The lowest BCUT2D eigenvalue weighted by Crippen LogP contribution is -2.15. The van der Waals surface area contributed by atoms with Crippen LogP contribution in [0.3, 0.4) is 0 Å². The lowest BCUT2D eigenvalue weighted by atomic mass is 10.1. The van der Waals surface area contributed by atoms with E-state index in [0.717, 1.165) is 30.5 Å². The van der Waals surface area contributed by atoms with Crippen LogP contribution in [0.4, 0.5) is 14.5 Å². The van der Waals surface area contributed by atoms with Gasteiger partial charge in [0.2, 0.25) is 0 Å². The fourth-order valence-corrected chi connectivity index (χ4v) is 4.56. The van der Waals surface area contributed by atoms with Gasteiger partial charge in [-0.05, 0) is 72.9 Å². The summed E-state index contributed by atoms with van der Waals surface area (Å²) >= 11 is 1.75. The van der Waals surface area contributed by atoms with E-state index < -0.39 is 23.1 Å². The van der Waals surface area contributed by atoms with Crippen molar-refractivity contribution in [1.29, 1.82) is 0 Å².